The van der Waals surface area contributed by atoms with Gasteiger partial charge in [0.1, 0.15) is 0 Å². The zero-order valence-corrected chi connectivity index (χ0v) is 10.0. The molecule has 1 aliphatic rings. The lowest BCUT2D eigenvalue weighted by Crippen LogP contribution is -2.18. The van der Waals surface area contributed by atoms with Gasteiger partial charge in [0.2, 0.25) is 0 Å². The van der Waals surface area contributed by atoms with Crippen LogP contribution < -0.4 is 5.32 Å². The first-order chi connectivity index (χ1) is 7.37. The number of halogens is 2. The van der Waals surface area contributed by atoms with E-state index in [1.54, 1.807) is 12.2 Å². The van der Waals surface area contributed by atoms with Crippen LogP contribution in [0.4, 0.5) is 8.78 Å². The van der Waals surface area contributed by atoms with Gasteiger partial charge in [0.05, 0.1) is 5.76 Å². The number of allylic oxidation sites excluding steroid dienone is 3. The summed E-state index contributed by atoms with van der Waals surface area (Å²) in [6, 6.07) is 0.657. The molecule has 0 aromatic rings. The molecule has 0 unspecified atom stereocenters. The second-order valence-corrected chi connectivity index (χ2v) is 4.36. The smallest absolute Gasteiger partial charge is 0.394 e. The van der Waals surface area contributed by atoms with Crippen LogP contribution >= 0.6 is 0 Å². The van der Waals surface area contributed by atoms with Crippen LogP contribution in [-0.4, -0.2) is 18.7 Å². The molecule has 0 spiro atoms. The van der Waals surface area contributed by atoms with Crippen molar-refractivity contribution in [2.24, 2.45) is 0 Å². The van der Waals surface area contributed by atoms with Gasteiger partial charge in [0, 0.05) is 19.5 Å². The summed E-state index contributed by atoms with van der Waals surface area (Å²) in [6.07, 6.45) is 2.76. The number of ether oxygens (including phenoxy) is 1. The average Bonchev–Trinajstić information content (AvgIpc) is 2.92. The van der Waals surface area contributed by atoms with E-state index in [0.29, 0.717) is 6.04 Å². The first-order valence-electron chi connectivity index (χ1n) is 5.51. The average molecular weight is 231 g/mol. The van der Waals surface area contributed by atoms with Gasteiger partial charge < -0.3 is 10.1 Å². The molecule has 0 atom stereocenters. The number of hydrogen-bond donors (Lipinski definition) is 1. The highest BCUT2D eigenvalue weighted by molar-refractivity contribution is 5.14. The Kier molecular flexibility index (Phi) is 4.47. The summed E-state index contributed by atoms with van der Waals surface area (Å²) in [5.74, 6) is 0.221. The third-order valence-corrected chi connectivity index (χ3v) is 2.19. The maximum Gasteiger partial charge on any atom is 0.394 e. The monoisotopic (exact) mass is 231 g/mol. The Morgan fingerprint density at radius 3 is 2.50 bits per heavy atom. The van der Waals surface area contributed by atoms with Gasteiger partial charge in [0.25, 0.3) is 0 Å². The Bertz CT molecular complexity index is 288. The zero-order chi connectivity index (χ0) is 12.2. The second kappa shape index (κ2) is 5.43. The summed E-state index contributed by atoms with van der Waals surface area (Å²) < 4.78 is 29.3. The summed E-state index contributed by atoms with van der Waals surface area (Å²) in [7, 11) is 0. The van der Waals surface area contributed by atoms with Crippen LogP contribution in [0.1, 0.15) is 33.6 Å². The fraction of sp³-hybridized carbons (Fsp3) is 0.667. The highest BCUT2D eigenvalue weighted by Crippen LogP contribution is 2.19. The van der Waals surface area contributed by atoms with Crippen molar-refractivity contribution < 1.29 is 13.5 Å². The molecular weight excluding hydrogens is 212 g/mol. The molecule has 1 saturated carbocycles. The Morgan fingerprint density at radius 1 is 1.38 bits per heavy atom. The maximum absolute atomic E-state index is 12.5. The predicted octanol–water partition coefficient (Wildman–Crippen LogP) is 3.22. The fourth-order valence-corrected chi connectivity index (χ4v) is 1.23. The molecule has 0 bridgehead atoms. The van der Waals surface area contributed by atoms with Crippen molar-refractivity contribution >= 4 is 0 Å². The van der Waals surface area contributed by atoms with Gasteiger partial charge in [-0.2, -0.15) is 8.78 Å². The van der Waals surface area contributed by atoms with Crippen molar-refractivity contribution in [2.45, 2.75) is 45.8 Å². The number of nitrogens with one attached hydrogen (secondary N) is 1. The summed E-state index contributed by atoms with van der Waals surface area (Å²) in [4.78, 5) is 0. The maximum atomic E-state index is 12.5. The molecule has 0 amide bonds. The van der Waals surface area contributed by atoms with Crippen molar-refractivity contribution in [2.75, 3.05) is 6.54 Å². The molecule has 2 nitrogen and oxygen atoms in total. The minimum absolute atomic E-state index is 0.221. The lowest BCUT2D eigenvalue weighted by atomic mass is 10.2. The topological polar surface area (TPSA) is 21.3 Å². The van der Waals surface area contributed by atoms with Crippen LogP contribution in [0.2, 0.25) is 0 Å². The van der Waals surface area contributed by atoms with E-state index < -0.39 is 6.11 Å². The SMILES string of the molecule is C/C(=C\C=C(/C)OC(C)(F)F)CNC1CC1. The molecule has 4 heteroatoms. The third kappa shape index (κ3) is 6.56. The van der Waals surface area contributed by atoms with Crippen molar-refractivity contribution in [3.05, 3.63) is 23.5 Å². The number of alkyl halides is 2. The third-order valence-electron chi connectivity index (χ3n) is 2.19. The van der Waals surface area contributed by atoms with E-state index in [0.717, 1.165) is 19.0 Å². The van der Waals surface area contributed by atoms with E-state index in [2.05, 4.69) is 10.1 Å². The van der Waals surface area contributed by atoms with Crippen LogP contribution in [0.25, 0.3) is 0 Å². The molecule has 1 rings (SSSR count). The lowest BCUT2D eigenvalue weighted by molar-refractivity contribution is -0.197. The van der Waals surface area contributed by atoms with Crippen molar-refractivity contribution in [3.8, 4) is 0 Å². The van der Waals surface area contributed by atoms with Crippen molar-refractivity contribution in [1.82, 2.24) is 5.32 Å². The minimum atomic E-state index is -3.10. The van der Waals surface area contributed by atoms with E-state index >= 15 is 0 Å². The van der Waals surface area contributed by atoms with Crippen molar-refractivity contribution in [1.29, 1.82) is 0 Å². The second-order valence-electron chi connectivity index (χ2n) is 4.36. The van der Waals surface area contributed by atoms with E-state index in [4.69, 9.17) is 0 Å². The quantitative estimate of drug-likeness (QED) is 0.560. The molecule has 0 radical (unpaired) electrons. The molecule has 0 aromatic carbocycles. The van der Waals surface area contributed by atoms with Gasteiger partial charge in [-0.05, 0) is 32.8 Å². The Labute approximate surface area is 95.4 Å². The zero-order valence-electron chi connectivity index (χ0n) is 10.0. The summed E-state index contributed by atoms with van der Waals surface area (Å²) in [5, 5.41) is 3.34. The molecule has 0 aliphatic heterocycles. The van der Waals surface area contributed by atoms with Gasteiger partial charge in [0.15, 0.2) is 0 Å². The first-order valence-corrected chi connectivity index (χ1v) is 5.51. The molecule has 0 aromatic heterocycles. The summed E-state index contributed by atoms with van der Waals surface area (Å²) in [6.45, 7) is 5.02. The largest absolute Gasteiger partial charge is 0.438 e. The van der Waals surface area contributed by atoms with Crippen LogP contribution in [0.5, 0.6) is 0 Å². The Balaban J connectivity index is 2.32. The van der Waals surface area contributed by atoms with Crippen LogP contribution in [-0.2, 0) is 4.74 Å². The summed E-state index contributed by atoms with van der Waals surface area (Å²) >= 11 is 0. The Hall–Kier alpha value is -0.900. The lowest BCUT2D eigenvalue weighted by Gasteiger charge is -2.12. The van der Waals surface area contributed by atoms with E-state index in [1.165, 1.54) is 19.8 Å². The highest BCUT2D eigenvalue weighted by atomic mass is 19.3. The number of rotatable bonds is 6. The van der Waals surface area contributed by atoms with Crippen molar-refractivity contribution in [3.63, 3.8) is 0 Å². The van der Waals surface area contributed by atoms with Crippen LogP contribution in [0.3, 0.4) is 0 Å². The number of hydrogen-bond acceptors (Lipinski definition) is 2. The molecule has 1 N–H and O–H groups in total. The predicted molar refractivity (Wildman–Crippen MR) is 60.2 cm³/mol. The van der Waals surface area contributed by atoms with E-state index in [1.807, 2.05) is 6.92 Å². The van der Waals surface area contributed by atoms with Crippen LogP contribution in [0, 0.1) is 0 Å². The standard InChI is InChI=1S/C12H19F2NO/c1-9(8-15-11-6-7-11)4-5-10(2)16-12(3,13)14/h4-5,11,15H,6-8H2,1-3H3/b9-4+,10-5+. The molecule has 16 heavy (non-hydrogen) atoms. The van der Waals surface area contributed by atoms with Gasteiger partial charge in [-0.1, -0.05) is 11.6 Å². The molecule has 1 aliphatic carbocycles. The fourth-order valence-electron chi connectivity index (χ4n) is 1.23. The van der Waals surface area contributed by atoms with Crippen LogP contribution in [0.15, 0.2) is 23.5 Å². The van der Waals surface area contributed by atoms with Gasteiger partial charge in [-0.15, -0.1) is 0 Å². The van der Waals surface area contributed by atoms with E-state index in [-0.39, 0.29) is 5.76 Å². The molecule has 1 fully saturated rings. The first kappa shape index (κ1) is 13.2. The molecule has 92 valence electrons. The minimum Gasteiger partial charge on any atom is -0.438 e. The van der Waals surface area contributed by atoms with Gasteiger partial charge in [-0.25, -0.2) is 0 Å². The van der Waals surface area contributed by atoms with Gasteiger partial charge >= 0.3 is 6.11 Å². The molecular formula is C12H19F2NO. The van der Waals surface area contributed by atoms with Gasteiger partial charge in [-0.3, -0.25) is 0 Å². The summed E-state index contributed by atoms with van der Waals surface area (Å²) in [5.41, 5.74) is 1.11. The Morgan fingerprint density at radius 2 is 2.00 bits per heavy atom. The normalized spacial score (nSPS) is 18.8. The highest BCUT2D eigenvalue weighted by Gasteiger charge is 2.22. The van der Waals surface area contributed by atoms with E-state index in [9.17, 15) is 8.78 Å². The molecule has 0 saturated heterocycles. The molecule has 0 heterocycles.